The monoisotopic (exact) mass is 802 g/mol. The highest BCUT2D eigenvalue weighted by atomic mass is 31.2. The van der Waals surface area contributed by atoms with Crippen molar-refractivity contribution in [1.29, 1.82) is 0 Å². The van der Waals surface area contributed by atoms with E-state index in [-0.39, 0.29) is 32.8 Å². The second-order valence-electron chi connectivity index (χ2n) is 13.8. The molecular weight excluding hydrogens is 721 g/mol. The number of unbranched alkanes of at least 4 members (excludes halogenated alkanes) is 11. The van der Waals surface area contributed by atoms with Crippen LogP contribution in [0.4, 0.5) is 0 Å². The third-order valence-electron chi connectivity index (χ3n) is 8.50. The summed E-state index contributed by atoms with van der Waals surface area (Å²) in [5.74, 6) is -0.418. The van der Waals surface area contributed by atoms with Gasteiger partial charge in [-0.3, -0.25) is 13.8 Å². The van der Waals surface area contributed by atoms with Crippen LogP contribution >= 0.6 is 7.82 Å². The molecule has 0 aromatic heterocycles. The Balaban J connectivity index is 4.20. The van der Waals surface area contributed by atoms with Crippen LogP contribution < -0.4 is 5.73 Å². The highest BCUT2D eigenvalue weighted by molar-refractivity contribution is 7.47. The zero-order valence-electron chi connectivity index (χ0n) is 35.3. The summed E-state index contributed by atoms with van der Waals surface area (Å²) in [5, 5.41) is 0. The number of phosphoric acid groups is 1. The Hall–Kier alpha value is -2.58. The van der Waals surface area contributed by atoms with Crippen LogP contribution in [0.1, 0.15) is 155 Å². The van der Waals surface area contributed by atoms with Gasteiger partial charge in [-0.1, -0.05) is 162 Å². The van der Waals surface area contributed by atoms with E-state index in [0.717, 1.165) is 64.2 Å². The van der Waals surface area contributed by atoms with Crippen LogP contribution in [0.25, 0.3) is 0 Å². The van der Waals surface area contributed by atoms with E-state index in [1.54, 1.807) is 0 Å². The third kappa shape index (κ3) is 42.6. The summed E-state index contributed by atoms with van der Waals surface area (Å²) in [7, 11) is -4.31. The molecule has 0 fully saturated rings. The third-order valence-corrected chi connectivity index (χ3v) is 9.48. The number of rotatable bonds is 40. The lowest BCUT2D eigenvalue weighted by atomic mass is 10.1. The first-order valence-electron chi connectivity index (χ1n) is 21.7. The van der Waals surface area contributed by atoms with Gasteiger partial charge in [0.15, 0.2) is 0 Å². The van der Waals surface area contributed by atoms with Crippen LogP contribution in [0.15, 0.2) is 97.2 Å². The van der Waals surface area contributed by atoms with Crippen molar-refractivity contribution in [2.45, 2.75) is 161 Å². The van der Waals surface area contributed by atoms with Gasteiger partial charge in [-0.2, -0.15) is 0 Å². The molecule has 0 heterocycles. The molecule has 0 saturated carbocycles. The average Bonchev–Trinajstić information content (AvgIpc) is 3.19. The van der Waals surface area contributed by atoms with Crippen molar-refractivity contribution in [2.24, 2.45) is 5.73 Å². The number of hydrogen-bond donors (Lipinski definition) is 2. The number of phosphoric ester groups is 1. The Morgan fingerprint density at radius 2 is 1.00 bits per heavy atom. The smallest absolute Gasteiger partial charge is 0.457 e. The fourth-order valence-electron chi connectivity index (χ4n) is 5.35. The molecule has 0 bridgehead atoms. The first-order chi connectivity index (χ1) is 27.4. The molecular formula is C47H80NO7P. The maximum Gasteiger partial charge on any atom is 0.472 e. The van der Waals surface area contributed by atoms with E-state index in [1.165, 1.54) is 64.2 Å². The maximum atomic E-state index is 12.6. The Kier molecular flexibility index (Phi) is 41.5. The van der Waals surface area contributed by atoms with E-state index >= 15 is 0 Å². The van der Waals surface area contributed by atoms with Crippen molar-refractivity contribution in [3.63, 3.8) is 0 Å². The predicted molar refractivity (Wildman–Crippen MR) is 238 cm³/mol. The van der Waals surface area contributed by atoms with Crippen LogP contribution in [0.5, 0.6) is 0 Å². The van der Waals surface area contributed by atoms with Gasteiger partial charge in [0.2, 0.25) is 0 Å². The Labute approximate surface area is 342 Å². The SMILES string of the molecule is CC/C=C\C/C=C\C/C=C\C/C=C\C/C=C\C/C=C\CCC(=O)OC(COCCCCCCCCCC/C=C\C/C=C\CCCCC)COP(=O)(O)OCCN. The lowest BCUT2D eigenvalue weighted by Crippen LogP contribution is -2.28. The van der Waals surface area contributed by atoms with Gasteiger partial charge >= 0.3 is 13.8 Å². The van der Waals surface area contributed by atoms with Crippen LogP contribution in [0.2, 0.25) is 0 Å². The highest BCUT2D eigenvalue weighted by Crippen LogP contribution is 2.43. The Morgan fingerprint density at radius 1 is 0.554 bits per heavy atom. The molecule has 2 atom stereocenters. The maximum absolute atomic E-state index is 12.6. The fourth-order valence-corrected chi connectivity index (χ4v) is 6.11. The van der Waals surface area contributed by atoms with Crippen molar-refractivity contribution in [1.82, 2.24) is 0 Å². The molecule has 3 N–H and O–H groups in total. The number of hydrogen-bond acceptors (Lipinski definition) is 7. The van der Waals surface area contributed by atoms with Gasteiger partial charge in [0.05, 0.1) is 19.8 Å². The van der Waals surface area contributed by atoms with E-state index < -0.39 is 19.9 Å². The van der Waals surface area contributed by atoms with Gasteiger partial charge in [0.1, 0.15) is 6.10 Å². The number of nitrogens with two attached hydrogens (primary N) is 1. The van der Waals surface area contributed by atoms with Gasteiger partial charge in [-0.05, 0) is 83.5 Å². The molecule has 2 unspecified atom stereocenters. The minimum absolute atomic E-state index is 0.0756. The molecule has 0 aromatic rings. The minimum Gasteiger partial charge on any atom is -0.457 e. The van der Waals surface area contributed by atoms with E-state index in [0.29, 0.717) is 13.0 Å². The molecule has 8 nitrogen and oxygen atoms in total. The zero-order valence-corrected chi connectivity index (χ0v) is 36.2. The first kappa shape index (κ1) is 53.4. The van der Waals surface area contributed by atoms with Crippen LogP contribution in [-0.2, 0) is 27.9 Å². The standard InChI is InChI=1S/C47H80NO7P/c1-3-5-7-9-11-13-15-17-19-21-23-24-26-28-30-32-34-36-38-40-47(49)55-46(45-54-56(50,51)53-43-41-48)44-52-42-39-37-35-33-31-29-27-25-22-20-18-16-14-12-10-8-6-4-2/h5,7,11-14,17-20,23-24,28,30,34,36,46H,3-4,6,8-10,15-16,21-22,25-27,29,31-33,35,37-45,48H2,1-2H3,(H,50,51)/b7-5-,13-11-,14-12-,19-17-,20-18-,24-23-,30-28-,36-34-. The highest BCUT2D eigenvalue weighted by Gasteiger charge is 2.25. The van der Waals surface area contributed by atoms with Crippen LogP contribution in [-0.4, -0.2) is 49.9 Å². The first-order valence-corrected chi connectivity index (χ1v) is 23.2. The summed E-state index contributed by atoms with van der Waals surface area (Å²) in [6.07, 6.45) is 57.2. The molecule has 0 aliphatic carbocycles. The Bertz CT molecular complexity index is 1170. The molecule has 320 valence electrons. The largest absolute Gasteiger partial charge is 0.472 e. The second kappa shape index (κ2) is 43.5. The normalized spacial score (nSPS) is 14.4. The van der Waals surface area contributed by atoms with E-state index in [9.17, 15) is 14.3 Å². The number of carbonyl (C=O) groups excluding carboxylic acids is 1. The van der Waals surface area contributed by atoms with Crippen molar-refractivity contribution >= 4 is 13.8 Å². The second-order valence-corrected chi connectivity index (χ2v) is 15.3. The summed E-state index contributed by atoms with van der Waals surface area (Å²) in [4.78, 5) is 22.4. The fraction of sp³-hybridized carbons (Fsp3) is 0.638. The molecule has 0 radical (unpaired) electrons. The summed E-state index contributed by atoms with van der Waals surface area (Å²) in [6.45, 7) is 4.64. The summed E-state index contributed by atoms with van der Waals surface area (Å²) in [6, 6.07) is 0. The number of esters is 1. The van der Waals surface area contributed by atoms with Gasteiger partial charge in [0, 0.05) is 19.6 Å². The van der Waals surface area contributed by atoms with Crippen molar-refractivity contribution in [3.05, 3.63) is 97.2 Å². The van der Waals surface area contributed by atoms with Crippen LogP contribution in [0, 0.1) is 0 Å². The number of carbonyl (C=O) groups is 1. The van der Waals surface area contributed by atoms with E-state index in [4.69, 9.17) is 24.3 Å². The quantitative estimate of drug-likeness (QED) is 0.0272. The molecule has 0 saturated heterocycles. The molecule has 0 aliphatic heterocycles. The molecule has 0 aliphatic rings. The minimum atomic E-state index is -4.31. The van der Waals surface area contributed by atoms with Gasteiger partial charge in [-0.15, -0.1) is 0 Å². The van der Waals surface area contributed by atoms with E-state index in [2.05, 4.69) is 98.9 Å². The topological polar surface area (TPSA) is 117 Å². The summed E-state index contributed by atoms with van der Waals surface area (Å²) >= 11 is 0. The molecule has 9 heteroatoms. The molecule has 0 aromatic carbocycles. The lowest BCUT2D eigenvalue weighted by Gasteiger charge is -2.20. The predicted octanol–water partition coefficient (Wildman–Crippen LogP) is 13.1. The molecule has 0 amide bonds. The summed E-state index contributed by atoms with van der Waals surface area (Å²) < 4.78 is 33.3. The average molecular weight is 802 g/mol. The molecule has 0 spiro atoms. The van der Waals surface area contributed by atoms with Crippen molar-refractivity contribution in [2.75, 3.05) is 33.0 Å². The number of allylic oxidation sites excluding steroid dienone is 16. The van der Waals surface area contributed by atoms with Gasteiger partial charge in [0.25, 0.3) is 0 Å². The van der Waals surface area contributed by atoms with Gasteiger partial charge in [-0.25, -0.2) is 4.57 Å². The molecule has 0 rings (SSSR count). The van der Waals surface area contributed by atoms with Crippen molar-refractivity contribution in [3.8, 4) is 0 Å². The van der Waals surface area contributed by atoms with Crippen molar-refractivity contribution < 1.29 is 32.8 Å². The zero-order chi connectivity index (χ0) is 40.9. The van der Waals surface area contributed by atoms with E-state index in [1.807, 2.05) is 12.2 Å². The summed E-state index contributed by atoms with van der Waals surface area (Å²) in [5.41, 5.74) is 5.36. The number of ether oxygens (including phenoxy) is 2. The Morgan fingerprint density at radius 3 is 1.50 bits per heavy atom. The lowest BCUT2D eigenvalue weighted by molar-refractivity contribution is -0.154. The van der Waals surface area contributed by atoms with Crippen LogP contribution in [0.3, 0.4) is 0 Å². The molecule has 56 heavy (non-hydrogen) atoms. The van der Waals surface area contributed by atoms with Gasteiger partial charge < -0.3 is 20.1 Å².